The van der Waals surface area contributed by atoms with E-state index in [4.69, 9.17) is 16.3 Å². The van der Waals surface area contributed by atoms with Crippen LogP contribution in [0.1, 0.15) is 5.56 Å². The van der Waals surface area contributed by atoms with Crippen molar-refractivity contribution in [3.63, 3.8) is 0 Å². The lowest BCUT2D eigenvalue weighted by Crippen LogP contribution is -2.30. The summed E-state index contributed by atoms with van der Waals surface area (Å²) in [5, 5.41) is 3.36. The number of halogens is 2. The summed E-state index contributed by atoms with van der Waals surface area (Å²) in [6, 6.07) is 13.0. The predicted molar refractivity (Wildman–Crippen MR) is 96.2 cm³/mol. The minimum Gasteiger partial charge on any atom is -0.455 e. The van der Waals surface area contributed by atoms with E-state index in [1.165, 1.54) is 24.3 Å². The standard InChI is InChI=1S/C18H17ClFNO3S/c19-14-3-7-16(8-4-14)25-10-9-21-17(22)12-24-18(23)11-13-1-5-15(20)6-2-13/h1-8H,9-12H2,(H,21,22). The van der Waals surface area contributed by atoms with Crippen LogP contribution in [-0.2, 0) is 20.7 Å². The average molecular weight is 382 g/mol. The first-order valence-electron chi connectivity index (χ1n) is 7.58. The molecule has 1 amide bonds. The first kappa shape index (κ1) is 19.3. The van der Waals surface area contributed by atoms with Crippen LogP contribution >= 0.6 is 23.4 Å². The van der Waals surface area contributed by atoms with E-state index in [9.17, 15) is 14.0 Å². The molecule has 0 fully saturated rings. The summed E-state index contributed by atoms with van der Waals surface area (Å²) in [5.41, 5.74) is 0.631. The fraction of sp³-hybridized carbons (Fsp3) is 0.222. The van der Waals surface area contributed by atoms with Crippen molar-refractivity contribution in [3.05, 3.63) is 64.9 Å². The SMILES string of the molecule is O=C(COC(=O)Cc1ccc(F)cc1)NCCSc1ccc(Cl)cc1. The Labute approximate surface area is 154 Å². The number of rotatable bonds is 8. The van der Waals surface area contributed by atoms with E-state index in [1.807, 2.05) is 24.3 Å². The van der Waals surface area contributed by atoms with Gasteiger partial charge in [-0.2, -0.15) is 0 Å². The molecule has 0 aliphatic carbocycles. The fourth-order valence-electron chi connectivity index (χ4n) is 1.91. The molecule has 0 unspecified atom stereocenters. The minimum atomic E-state index is -0.530. The summed E-state index contributed by atoms with van der Waals surface area (Å²) >= 11 is 7.40. The summed E-state index contributed by atoms with van der Waals surface area (Å²) in [7, 11) is 0. The van der Waals surface area contributed by atoms with Crippen molar-refractivity contribution in [2.24, 2.45) is 0 Å². The number of carbonyl (C=O) groups is 2. The Morgan fingerprint density at radius 2 is 1.76 bits per heavy atom. The second-order valence-electron chi connectivity index (χ2n) is 5.12. The van der Waals surface area contributed by atoms with Gasteiger partial charge in [0.1, 0.15) is 5.82 Å². The van der Waals surface area contributed by atoms with Crippen molar-refractivity contribution in [3.8, 4) is 0 Å². The highest BCUT2D eigenvalue weighted by atomic mass is 35.5. The maximum absolute atomic E-state index is 12.8. The topological polar surface area (TPSA) is 55.4 Å². The molecule has 0 saturated carbocycles. The molecule has 0 saturated heterocycles. The van der Waals surface area contributed by atoms with Gasteiger partial charge in [-0.3, -0.25) is 9.59 Å². The lowest BCUT2D eigenvalue weighted by atomic mass is 10.1. The van der Waals surface area contributed by atoms with Gasteiger partial charge in [0.2, 0.25) is 0 Å². The highest BCUT2D eigenvalue weighted by Gasteiger charge is 2.08. The summed E-state index contributed by atoms with van der Waals surface area (Å²) in [6.45, 7) is 0.132. The first-order valence-corrected chi connectivity index (χ1v) is 8.94. The Kier molecular flexibility index (Phi) is 7.76. The van der Waals surface area contributed by atoms with Crippen LogP contribution in [-0.4, -0.2) is 30.8 Å². The van der Waals surface area contributed by atoms with Crippen molar-refractivity contribution in [2.75, 3.05) is 18.9 Å². The molecule has 1 N–H and O–H groups in total. The molecule has 0 atom stereocenters. The van der Waals surface area contributed by atoms with E-state index >= 15 is 0 Å². The Morgan fingerprint density at radius 1 is 1.08 bits per heavy atom. The Bertz CT molecular complexity index is 707. The molecule has 2 rings (SSSR count). The van der Waals surface area contributed by atoms with Gasteiger partial charge in [0.05, 0.1) is 6.42 Å². The number of hydrogen-bond acceptors (Lipinski definition) is 4. The molecule has 0 bridgehead atoms. The molecular weight excluding hydrogens is 365 g/mol. The molecule has 0 aliphatic rings. The average Bonchev–Trinajstić information content (AvgIpc) is 2.60. The number of carbonyl (C=O) groups excluding carboxylic acids is 2. The van der Waals surface area contributed by atoms with Gasteiger partial charge < -0.3 is 10.1 Å². The predicted octanol–water partition coefficient (Wildman–Crippen LogP) is 3.47. The van der Waals surface area contributed by atoms with Gasteiger partial charge in [0, 0.05) is 22.2 Å². The van der Waals surface area contributed by atoms with Crippen LogP contribution in [0, 0.1) is 5.82 Å². The van der Waals surface area contributed by atoms with Gasteiger partial charge in [-0.25, -0.2) is 4.39 Å². The van der Waals surface area contributed by atoms with Crippen LogP contribution in [0.3, 0.4) is 0 Å². The summed E-state index contributed by atoms with van der Waals surface area (Å²) in [6.07, 6.45) is -0.0000212. The zero-order chi connectivity index (χ0) is 18.1. The number of esters is 1. The van der Waals surface area contributed by atoms with Gasteiger partial charge >= 0.3 is 5.97 Å². The largest absolute Gasteiger partial charge is 0.455 e. The number of nitrogens with one attached hydrogen (secondary N) is 1. The molecule has 25 heavy (non-hydrogen) atoms. The lowest BCUT2D eigenvalue weighted by molar-refractivity contribution is -0.147. The van der Waals surface area contributed by atoms with Crippen molar-refractivity contribution in [2.45, 2.75) is 11.3 Å². The molecule has 132 valence electrons. The smallest absolute Gasteiger partial charge is 0.310 e. The van der Waals surface area contributed by atoms with Gasteiger partial charge in [0.25, 0.3) is 5.91 Å². The number of ether oxygens (including phenoxy) is 1. The zero-order valence-corrected chi connectivity index (χ0v) is 14.9. The van der Waals surface area contributed by atoms with E-state index in [0.717, 1.165) is 4.90 Å². The maximum atomic E-state index is 12.8. The van der Waals surface area contributed by atoms with Crippen LogP contribution < -0.4 is 5.32 Å². The fourth-order valence-corrected chi connectivity index (χ4v) is 2.80. The zero-order valence-electron chi connectivity index (χ0n) is 13.3. The van der Waals surface area contributed by atoms with Crippen LogP contribution in [0.4, 0.5) is 4.39 Å². The third kappa shape index (κ3) is 7.58. The summed E-state index contributed by atoms with van der Waals surface area (Å²) < 4.78 is 17.7. The lowest BCUT2D eigenvalue weighted by Gasteiger charge is -2.07. The third-order valence-electron chi connectivity index (χ3n) is 3.13. The number of thioether (sulfide) groups is 1. The molecule has 2 aromatic rings. The van der Waals surface area contributed by atoms with Crippen molar-refractivity contribution >= 4 is 35.2 Å². The quantitative estimate of drug-likeness (QED) is 0.432. The highest BCUT2D eigenvalue weighted by Crippen LogP contribution is 2.19. The van der Waals surface area contributed by atoms with Crippen LogP contribution in [0.25, 0.3) is 0 Å². The minimum absolute atomic E-state index is 0.0000212. The number of benzene rings is 2. The Hall–Kier alpha value is -2.05. The van der Waals surface area contributed by atoms with E-state index in [-0.39, 0.29) is 24.8 Å². The second kappa shape index (κ2) is 10.1. The Balaban J connectivity index is 1.59. The maximum Gasteiger partial charge on any atom is 0.310 e. The molecule has 0 aliphatic heterocycles. The van der Waals surface area contributed by atoms with E-state index in [2.05, 4.69) is 5.32 Å². The monoisotopic (exact) mass is 381 g/mol. The van der Waals surface area contributed by atoms with Gasteiger partial charge in [-0.05, 0) is 42.0 Å². The molecule has 7 heteroatoms. The first-order chi connectivity index (χ1) is 12.0. The molecule has 0 heterocycles. The van der Waals surface area contributed by atoms with Crippen molar-refractivity contribution in [1.29, 1.82) is 0 Å². The normalized spacial score (nSPS) is 10.3. The molecule has 0 spiro atoms. The van der Waals surface area contributed by atoms with Crippen LogP contribution in [0.2, 0.25) is 5.02 Å². The molecule has 0 radical (unpaired) electrons. The van der Waals surface area contributed by atoms with E-state index in [1.54, 1.807) is 11.8 Å². The van der Waals surface area contributed by atoms with Crippen molar-refractivity contribution < 1.29 is 18.7 Å². The van der Waals surface area contributed by atoms with E-state index in [0.29, 0.717) is 22.9 Å². The van der Waals surface area contributed by atoms with Gasteiger partial charge in [-0.15, -0.1) is 11.8 Å². The second-order valence-corrected chi connectivity index (χ2v) is 6.72. The third-order valence-corrected chi connectivity index (χ3v) is 4.40. The number of hydrogen-bond donors (Lipinski definition) is 1. The molecular formula is C18H17ClFNO3S. The summed E-state index contributed by atoms with van der Waals surface area (Å²) in [4.78, 5) is 24.3. The highest BCUT2D eigenvalue weighted by molar-refractivity contribution is 7.99. The molecule has 2 aromatic carbocycles. The van der Waals surface area contributed by atoms with Crippen LogP contribution in [0.15, 0.2) is 53.4 Å². The van der Waals surface area contributed by atoms with Gasteiger partial charge in [-0.1, -0.05) is 23.7 Å². The van der Waals surface area contributed by atoms with Crippen molar-refractivity contribution in [1.82, 2.24) is 5.32 Å². The summed E-state index contributed by atoms with van der Waals surface area (Å²) in [5.74, 6) is -0.564. The van der Waals surface area contributed by atoms with Gasteiger partial charge in [0.15, 0.2) is 6.61 Å². The Morgan fingerprint density at radius 3 is 2.44 bits per heavy atom. The van der Waals surface area contributed by atoms with E-state index < -0.39 is 5.97 Å². The number of amides is 1. The molecule has 0 aromatic heterocycles. The molecule has 4 nitrogen and oxygen atoms in total. The van der Waals surface area contributed by atoms with Crippen LogP contribution in [0.5, 0.6) is 0 Å².